The number of hydrogen-bond donors (Lipinski definition) is 1. The molecule has 2 N–H and O–H groups in total. The van der Waals surface area contributed by atoms with Gasteiger partial charge in [-0.25, -0.2) is 0 Å². The Labute approximate surface area is 224 Å². The summed E-state index contributed by atoms with van der Waals surface area (Å²) in [6.07, 6.45) is 4.34. The number of nitrogens with two attached hydrogens (primary N) is 1. The van der Waals surface area contributed by atoms with Gasteiger partial charge in [-0.3, -0.25) is 9.59 Å². The lowest BCUT2D eigenvalue weighted by molar-refractivity contribution is -0.150. The third-order valence-electron chi connectivity index (χ3n) is 7.35. The van der Waals surface area contributed by atoms with Gasteiger partial charge in [0.25, 0.3) is 5.91 Å². The van der Waals surface area contributed by atoms with E-state index < -0.39 is 11.5 Å². The van der Waals surface area contributed by atoms with Crippen molar-refractivity contribution >= 4 is 11.9 Å². The second-order valence-electron chi connectivity index (χ2n) is 10.9. The zero-order valence-corrected chi connectivity index (χ0v) is 21.8. The fraction of sp³-hybridized carbons (Fsp3) is 0.344. The molecule has 4 bridgehead atoms. The number of nitriles is 1. The highest BCUT2D eigenvalue weighted by atomic mass is 16.5. The zero-order chi connectivity index (χ0) is 26.7. The normalized spacial score (nSPS) is 20.5. The van der Waals surface area contributed by atoms with Crippen LogP contribution in [0.15, 0.2) is 66.7 Å². The van der Waals surface area contributed by atoms with Crippen molar-refractivity contribution in [3.8, 4) is 17.2 Å². The fourth-order valence-electron chi connectivity index (χ4n) is 5.14. The summed E-state index contributed by atoms with van der Waals surface area (Å²) >= 11 is 0. The number of carbonyl (C=O) groups is 2. The minimum atomic E-state index is -1.19. The van der Waals surface area contributed by atoms with Crippen LogP contribution < -0.4 is 5.73 Å². The van der Waals surface area contributed by atoms with E-state index in [0.717, 1.165) is 54.5 Å². The Bertz CT molecular complexity index is 1400. The molecule has 0 saturated heterocycles. The second kappa shape index (κ2) is 10.8. The summed E-state index contributed by atoms with van der Waals surface area (Å²) in [7, 11) is 0. The first-order valence-electron chi connectivity index (χ1n) is 13.3. The van der Waals surface area contributed by atoms with Crippen LogP contribution in [0, 0.1) is 17.2 Å². The van der Waals surface area contributed by atoms with Crippen molar-refractivity contribution in [1.82, 2.24) is 4.90 Å². The standard InChI is InChI=1S/C32H33N3O3/c1-32(34)18-24-7-4-6-22(14-24)8-5-13-35(20-23-11-12-23)30(36)28-16-25(21-38-31(32)37)15-27(17-28)29-10-3-2-9-26(29)19-33/h2-4,6-7,9-10,14-17,23H,5,8,11-13,18,20-21,34H2,1H3. The highest BCUT2D eigenvalue weighted by Gasteiger charge is 2.31. The molecule has 38 heavy (non-hydrogen) atoms. The molecule has 1 aliphatic carbocycles. The molecule has 2 aliphatic rings. The molecule has 3 aromatic rings. The van der Waals surface area contributed by atoms with Crippen LogP contribution in [0.2, 0.25) is 0 Å². The zero-order valence-electron chi connectivity index (χ0n) is 21.8. The average molecular weight is 508 g/mol. The molecule has 0 spiro atoms. The van der Waals surface area contributed by atoms with E-state index in [2.05, 4.69) is 18.2 Å². The van der Waals surface area contributed by atoms with Crippen LogP contribution in [-0.4, -0.2) is 35.4 Å². The van der Waals surface area contributed by atoms with E-state index in [1.807, 2.05) is 47.4 Å². The van der Waals surface area contributed by atoms with Crippen molar-refractivity contribution in [3.05, 3.63) is 94.5 Å². The molecule has 0 radical (unpaired) electrons. The minimum absolute atomic E-state index is 0.0167. The Balaban J connectivity index is 1.55. The van der Waals surface area contributed by atoms with Crippen LogP contribution >= 0.6 is 0 Å². The summed E-state index contributed by atoms with van der Waals surface area (Å²) < 4.78 is 5.70. The Morgan fingerprint density at radius 2 is 1.76 bits per heavy atom. The van der Waals surface area contributed by atoms with E-state index >= 15 is 0 Å². The SMILES string of the molecule is CC1(N)Cc2cccc(c2)CCCN(CC2CC2)C(=O)c2cc(cc(-c3ccccc3C#N)c2)COC1=O. The van der Waals surface area contributed by atoms with E-state index in [1.54, 1.807) is 19.1 Å². The third-order valence-corrected chi connectivity index (χ3v) is 7.35. The van der Waals surface area contributed by atoms with Gasteiger partial charge in [0.05, 0.1) is 11.6 Å². The number of aryl methyl sites for hydroxylation is 1. The molecule has 0 aromatic heterocycles. The number of esters is 1. The van der Waals surface area contributed by atoms with Crippen LogP contribution in [0.25, 0.3) is 11.1 Å². The number of ether oxygens (including phenoxy) is 1. The average Bonchev–Trinajstić information content (AvgIpc) is 3.74. The summed E-state index contributed by atoms with van der Waals surface area (Å²) in [4.78, 5) is 28.9. The molecular formula is C32H33N3O3. The third kappa shape index (κ3) is 5.95. The first-order valence-corrected chi connectivity index (χ1v) is 13.3. The second-order valence-corrected chi connectivity index (χ2v) is 10.9. The molecule has 6 nitrogen and oxygen atoms in total. The fourth-order valence-corrected chi connectivity index (χ4v) is 5.14. The first kappa shape index (κ1) is 25.7. The summed E-state index contributed by atoms with van der Waals surface area (Å²) in [5, 5.41) is 9.69. The van der Waals surface area contributed by atoms with Gasteiger partial charge in [-0.2, -0.15) is 5.26 Å². The van der Waals surface area contributed by atoms with Gasteiger partial charge in [0, 0.05) is 25.1 Å². The molecule has 1 atom stereocenters. The highest BCUT2D eigenvalue weighted by Crippen LogP contribution is 2.32. The summed E-state index contributed by atoms with van der Waals surface area (Å²) in [6.45, 7) is 3.08. The molecule has 1 amide bonds. The monoisotopic (exact) mass is 507 g/mol. The van der Waals surface area contributed by atoms with Gasteiger partial charge in [-0.05, 0) is 90.6 Å². The van der Waals surface area contributed by atoms with Crippen LogP contribution in [-0.2, 0) is 29.0 Å². The van der Waals surface area contributed by atoms with Gasteiger partial charge in [0.15, 0.2) is 0 Å². The molecule has 1 unspecified atom stereocenters. The van der Waals surface area contributed by atoms with Crippen LogP contribution in [0.1, 0.15) is 58.8 Å². The number of rotatable bonds is 3. The number of carbonyl (C=O) groups excluding carboxylic acids is 2. The van der Waals surface area contributed by atoms with E-state index in [-0.39, 0.29) is 12.5 Å². The number of benzene rings is 3. The van der Waals surface area contributed by atoms with E-state index in [4.69, 9.17) is 10.5 Å². The maximum Gasteiger partial charge on any atom is 0.326 e. The van der Waals surface area contributed by atoms with Crippen LogP contribution in [0.4, 0.5) is 0 Å². The Hall–Kier alpha value is -3.95. The predicted molar refractivity (Wildman–Crippen MR) is 146 cm³/mol. The Kier molecular flexibility index (Phi) is 7.31. The number of hydrogen-bond acceptors (Lipinski definition) is 5. The van der Waals surface area contributed by atoms with Gasteiger partial charge in [-0.15, -0.1) is 0 Å². The number of cyclic esters (lactones) is 1. The molecule has 1 aliphatic heterocycles. The van der Waals surface area contributed by atoms with Gasteiger partial charge < -0.3 is 15.4 Å². The van der Waals surface area contributed by atoms with Crippen LogP contribution in [0.5, 0.6) is 0 Å². The highest BCUT2D eigenvalue weighted by molar-refractivity contribution is 5.96. The van der Waals surface area contributed by atoms with Crippen molar-refractivity contribution in [3.63, 3.8) is 0 Å². The lowest BCUT2D eigenvalue weighted by atomic mass is 9.92. The minimum Gasteiger partial charge on any atom is -0.459 e. The first-order chi connectivity index (χ1) is 18.3. The molecule has 1 saturated carbocycles. The molecule has 1 fully saturated rings. The van der Waals surface area contributed by atoms with E-state index in [9.17, 15) is 14.9 Å². The van der Waals surface area contributed by atoms with Gasteiger partial charge >= 0.3 is 5.97 Å². The van der Waals surface area contributed by atoms with Crippen molar-refractivity contribution in [2.24, 2.45) is 11.7 Å². The molecule has 1 heterocycles. The summed E-state index contributed by atoms with van der Waals surface area (Å²) in [5.74, 6) is 0.0179. The molecule has 6 heteroatoms. The smallest absolute Gasteiger partial charge is 0.326 e. The van der Waals surface area contributed by atoms with Gasteiger partial charge in [-0.1, -0.05) is 42.5 Å². The number of amides is 1. The molecule has 194 valence electrons. The summed E-state index contributed by atoms with van der Waals surface area (Å²) in [5.41, 5.74) is 10.6. The van der Waals surface area contributed by atoms with Gasteiger partial charge in [0.1, 0.15) is 12.1 Å². The van der Waals surface area contributed by atoms with E-state index in [0.29, 0.717) is 35.6 Å². The maximum absolute atomic E-state index is 13.9. The topological polar surface area (TPSA) is 96.4 Å². The van der Waals surface area contributed by atoms with Crippen LogP contribution in [0.3, 0.4) is 0 Å². The molecule has 5 rings (SSSR count). The molecule has 3 aromatic carbocycles. The predicted octanol–water partition coefficient (Wildman–Crippen LogP) is 5.03. The maximum atomic E-state index is 13.9. The largest absolute Gasteiger partial charge is 0.459 e. The van der Waals surface area contributed by atoms with Crippen molar-refractivity contribution < 1.29 is 14.3 Å². The Morgan fingerprint density at radius 1 is 1.00 bits per heavy atom. The quantitative estimate of drug-likeness (QED) is 0.502. The van der Waals surface area contributed by atoms with Crippen molar-refractivity contribution in [1.29, 1.82) is 5.26 Å². The summed E-state index contributed by atoms with van der Waals surface area (Å²) in [6, 6.07) is 23.2. The number of nitrogens with zero attached hydrogens (tertiary/aromatic N) is 2. The molecular weight excluding hydrogens is 474 g/mol. The Morgan fingerprint density at radius 3 is 2.55 bits per heavy atom. The lowest BCUT2D eigenvalue weighted by Crippen LogP contribution is -2.48. The van der Waals surface area contributed by atoms with Gasteiger partial charge in [0.2, 0.25) is 0 Å². The van der Waals surface area contributed by atoms with E-state index in [1.165, 1.54) is 0 Å². The van der Waals surface area contributed by atoms with Crippen molar-refractivity contribution in [2.45, 2.75) is 51.2 Å². The lowest BCUT2D eigenvalue weighted by Gasteiger charge is -2.25. The van der Waals surface area contributed by atoms with Crippen molar-refractivity contribution in [2.75, 3.05) is 13.1 Å². The number of fused-ring (bicyclic) bond motifs is 4.